The minimum atomic E-state index is -0.618. The molecule has 2 fully saturated rings. The third kappa shape index (κ3) is 7.31. The minimum absolute atomic E-state index is 0.191. The number of likely N-dealkylation sites (N-methyl/N-ethyl adjacent to an activating group) is 1. The standard InChI is InChI=1S/C39H44ClF3N4O/c1-5-25(2)39(44-37(48-4)19-28-11-14-30(41)20-33(28)42)32-24-47(23-26-9-12-29(40)13-10-26)35-22-36(46-17-15-45(3)16-18-46)34(43)21-31(35)38(32)27-7-6-8-27/h9-14,20-22,24,37,44H,5-8,15-19,23H2,1-4H3. The summed E-state index contributed by atoms with van der Waals surface area (Å²) in [5.74, 6) is -1.46. The highest BCUT2D eigenvalue weighted by Gasteiger charge is 2.32. The summed E-state index contributed by atoms with van der Waals surface area (Å²) in [5.41, 5.74) is 9.13. The zero-order valence-corrected chi connectivity index (χ0v) is 28.9. The molecule has 0 bridgehead atoms. The van der Waals surface area contributed by atoms with E-state index in [0.717, 1.165) is 97.2 Å². The van der Waals surface area contributed by atoms with E-state index in [1.54, 1.807) is 13.2 Å². The first-order valence-corrected chi connectivity index (χ1v) is 17.2. The van der Waals surface area contributed by atoms with Gasteiger partial charge >= 0.3 is 0 Å². The number of halogens is 4. The summed E-state index contributed by atoms with van der Waals surface area (Å²) in [6.45, 7) is 8.01. The van der Waals surface area contributed by atoms with E-state index >= 15 is 4.39 Å². The molecular formula is C39H44ClF3N4O. The van der Waals surface area contributed by atoms with Gasteiger partial charge in [0.15, 0.2) is 0 Å². The Morgan fingerprint density at radius 3 is 2.29 bits per heavy atom. The highest BCUT2D eigenvalue weighted by atomic mass is 35.5. The Hall–Kier alpha value is -3.72. The van der Waals surface area contributed by atoms with Gasteiger partial charge in [0, 0.05) is 80.4 Å². The lowest BCUT2D eigenvalue weighted by Gasteiger charge is -2.39. The first-order valence-electron chi connectivity index (χ1n) is 16.8. The SMILES string of the molecule is CCC(C)=C(NC(Cc1ccc(F)cc1F)OC)C1=CN(Cc2ccc(Cl)cc2)c2cc(N3CCN(C)CC3)c(F)cc2C1=C1CCC1. The molecule has 1 N–H and O–H groups in total. The van der Waals surface area contributed by atoms with Gasteiger partial charge < -0.3 is 24.8 Å². The molecule has 48 heavy (non-hydrogen) atoms. The number of allylic oxidation sites excluding steroid dienone is 3. The smallest absolute Gasteiger partial charge is 0.147 e. The van der Waals surface area contributed by atoms with E-state index in [4.69, 9.17) is 16.3 Å². The largest absolute Gasteiger partial charge is 0.367 e. The van der Waals surface area contributed by atoms with Crippen LogP contribution in [0.3, 0.4) is 0 Å². The van der Waals surface area contributed by atoms with Crippen molar-refractivity contribution in [3.05, 3.63) is 122 Å². The van der Waals surface area contributed by atoms with Crippen LogP contribution >= 0.6 is 11.6 Å². The molecule has 0 amide bonds. The molecule has 1 aliphatic carbocycles. The summed E-state index contributed by atoms with van der Waals surface area (Å²) in [6, 6.07) is 15.2. The molecule has 3 aromatic carbocycles. The average Bonchev–Trinajstić information content (AvgIpc) is 3.05. The Labute approximate surface area is 287 Å². The molecule has 1 atom stereocenters. The maximum Gasteiger partial charge on any atom is 0.147 e. The van der Waals surface area contributed by atoms with Crippen molar-refractivity contribution >= 4 is 28.5 Å². The quantitative estimate of drug-likeness (QED) is 0.217. The predicted octanol–water partition coefficient (Wildman–Crippen LogP) is 8.84. The van der Waals surface area contributed by atoms with E-state index in [9.17, 15) is 8.78 Å². The highest BCUT2D eigenvalue weighted by Crippen LogP contribution is 2.48. The topological polar surface area (TPSA) is 31.0 Å². The molecule has 2 aliphatic heterocycles. The van der Waals surface area contributed by atoms with Crippen LogP contribution in [0.15, 0.2) is 83.2 Å². The van der Waals surface area contributed by atoms with Gasteiger partial charge in [-0.2, -0.15) is 0 Å². The lowest BCUT2D eigenvalue weighted by atomic mass is 9.78. The van der Waals surface area contributed by atoms with Gasteiger partial charge in [-0.25, -0.2) is 13.2 Å². The summed E-state index contributed by atoms with van der Waals surface area (Å²) in [5, 5.41) is 4.26. The van der Waals surface area contributed by atoms with E-state index in [2.05, 4.69) is 47.1 Å². The number of nitrogens with one attached hydrogen (secondary N) is 1. The van der Waals surface area contributed by atoms with E-state index in [1.807, 2.05) is 30.3 Å². The zero-order valence-electron chi connectivity index (χ0n) is 28.2. The summed E-state index contributed by atoms with van der Waals surface area (Å²) < 4.78 is 50.6. The van der Waals surface area contributed by atoms with Crippen LogP contribution in [0.5, 0.6) is 0 Å². The summed E-state index contributed by atoms with van der Waals surface area (Å²) in [7, 11) is 3.68. The number of anilines is 2. The maximum absolute atomic E-state index is 16.3. The Morgan fingerprint density at radius 1 is 0.938 bits per heavy atom. The summed E-state index contributed by atoms with van der Waals surface area (Å²) >= 11 is 6.25. The van der Waals surface area contributed by atoms with E-state index in [1.165, 1.54) is 17.7 Å². The first-order chi connectivity index (χ1) is 23.1. The number of ether oxygens (including phenoxy) is 1. The molecule has 1 saturated heterocycles. The van der Waals surface area contributed by atoms with Crippen LogP contribution in [0.4, 0.5) is 24.5 Å². The van der Waals surface area contributed by atoms with Crippen LogP contribution in [-0.2, 0) is 17.7 Å². The number of rotatable bonds is 10. The van der Waals surface area contributed by atoms with Crippen LogP contribution in [0.2, 0.25) is 5.02 Å². The molecule has 0 radical (unpaired) electrons. The predicted molar refractivity (Wildman–Crippen MR) is 190 cm³/mol. The van der Waals surface area contributed by atoms with Crippen molar-refractivity contribution in [2.45, 2.75) is 58.7 Å². The van der Waals surface area contributed by atoms with Crippen LogP contribution in [0.1, 0.15) is 56.2 Å². The lowest BCUT2D eigenvalue weighted by molar-refractivity contribution is 0.0827. The molecule has 0 aromatic heterocycles. The fraction of sp³-hybridized carbons (Fsp3) is 0.385. The van der Waals surface area contributed by atoms with E-state index in [-0.39, 0.29) is 12.2 Å². The average molecular weight is 677 g/mol. The van der Waals surface area contributed by atoms with Crippen LogP contribution < -0.4 is 15.1 Å². The molecule has 3 aliphatic rings. The molecule has 3 aromatic rings. The van der Waals surface area contributed by atoms with Gasteiger partial charge in [-0.3, -0.25) is 0 Å². The van der Waals surface area contributed by atoms with Gasteiger partial charge in [0.05, 0.1) is 11.4 Å². The first kappa shape index (κ1) is 34.2. The highest BCUT2D eigenvalue weighted by molar-refractivity contribution is 6.30. The van der Waals surface area contributed by atoms with Crippen LogP contribution in [-0.4, -0.2) is 51.5 Å². The van der Waals surface area contributed by atoms with Gasteiger partial charge in [0.1, 0.15) is 23.7 Å². The second-order valence-corrected chi connectivity index (χ2v) is 13.5. The Kier molecular flexibility index (Phi) is 10.5. The van der Waals surface area contributed by atoms with Gasteiger partial charge in [-0.05, 0) is 92.3 Å². The summed E-state index contributed by atoms with van der Waals surface area (Å²) in [4.78, 5) is 6.63. The van der Waals surface area contributed by atoms with Crippen molar-refractivity contribution in [3.8, 4) is 0 Å². The van der Waals surface area contributed by atoms with Gasteiger partial charge in [0.25, 0.3) is 0 Å². The van der Waals surface area contributed by atoms with Gasteiger partial charge in [-0.15, -0.1) is 0 Å². The van der Waals surface area contributed by atoms with Crippen LogP contribution in [0.25, 0.3) is 5.57 Å². The third-order valence-corrected chi connectivity index (χ3v) is 10.1. The molecule has 5 nitrogen and oxygen atoms in total. The van der Waals surface area contributed by atoms with Crippen molar-refractivity contribution < 1.29 is 17.9 Å². The van der Waals surface area contributed by atoms with Crippen molar-refractivity contribution in [2.24, 2.45) is 0 Å². The van der Waals surface area contributed by atoms with Gasteiger partial charge in [0.2, 0.25) is 0 Å². The molecule has 9 heteroatoms. The monoisotopic (exact) mass is 676 g/mol. The Morgan fingerprint density at radius 2 is 1.67 bits per heavy atom. The number of fused-ring (bicyclic) bond motifs is 1. The number of methoxy groups -OCH3 is 1. The maximum atomic E-state index is 16.3. The number of hydrogen-bond donors (Lipinski definition) is 1. The third-order valence-electron chi connectivity index (χ3n) is 9.86. The molecule has 6 rings (SSSR count). The number of piperazine rings is 1. The second-order valence-electron chi connectivity index (χ2n) is 13.1. The van der Waals surface area contributed by atoms with Crippen molar-refractivity contribution in [2.75, 3.05) is 50.1 Å². The molecule has 1 unspecified atom stereocenters. The number of hydrogen-bond acceptors (Lipinski definition) is 5. The molecule has 1 saturated carbocycles. The zero-order chi connectivity index (χ0) is 33.9. The van der Waals surface area contributed by atoms with Crippen molar-refractivity contribution in [3.63, 3.8) is 0 Å². The number of nitrogens with zero attached hydrogens (tertiary/aromatic N) is 3. The van der Waals surface area contributed by atoms with E-state index in [0.29, 0.717) is 22.8 Å². The fourth-order valence-electron chi connectivity index (χ4n) is 6.65. The van der Waals surface area contributed by atoms with Gasteiger partial charge in [-0.1, -0.05) is 42.3 Å². The molecule has 254 valence electrons. The normalized spacial score (nSPS) is 17.9. The lowest BCUT2D eigenvalue weighted by Crippen LogP contribution is -2.45. The van der Waals surface area contributed by atoms with Crippen molar-refractivity contribution in [1.82, 2.24) is 10.2 Å². The Bertz CT molecular complexity index is 1740. The molecule has 0 spiro atoms. The molecular weight excluding hydrogens is 633 g/mol. The molecule has 2 heterocycles. The van der Waals surface area contributed by atoms with Crippen LogP contribution in [0, 0.1) is 17.5 Å². The number of benzene rings is 3. The minimum Gasteiger partial charge on any atom is -0.367 e. The fourth-order valence-corrected chi connectivity index (χ4v) is 6.78. The summed E-state index contributed by atoms with van der Waals surface area (Å²) in [6.07, 6.45) is 5.49. The van der Waals surface area contributed by atoms with Crippen molar-refractivity contribution in [1.29, 1.82) is 0 Å². The second kappa shape index (κ2) is 14.8. The Balaban J connectivity index is 1.46. The van der Waals surface area contributed by atoms with E-state index < -0.39 is 17.9 Å².